The average molecular weight is 251 g/mol. The van der Waals surface area contributed by atoms with Crippen LogP contribution in [-0.2, 0) is 12.8 Å². The molecule has 1 aromatic carbocycles. The third kappa shape index (κ3) is 5.71. The molecule has 0 bridgehead atoms. The fourth-order valence-electron chi connectivity index (χ4n) is 1.16. The molecule has 0 aliphatic heterocycles. The van der Waals surface area contributed by atoms with Gasteiger partial charge in [-0.2, -0.15) is 6.42 Å². The summed E-state index contributed by atoms with van der Waals surface area (Å²) in [6, 6.07) is 8.73. The molecule has 0 radical (unpaired) electrons. The van der Waals surface area contributed by atoms with E-state index in [1.165, 1.54) is 24.0 Å². The van der Waals surface area contributed by atoms with Gasteiger partial charge in [0.2, 0.25) is 0 Å². The summed E-state index contributed by atoms with van der Waals surface area (Å²) in [5, 5.41) is 0. The van der Waals surface area contributed by atoms with E-state index in [-0.39, 0.29) is 40.0 Å². The quantitative estimate of drug-likeness (QED) is 0.508. The van der Waals surface area contributed by atoms with Gasteiger partial charge in [-0.3, -0.25) is 0 Å². The van der Waals surface area contributed by atoms with Crippen molar-refractivity contribution in [3.05, 3.63) is 42.3 Å². The van der Waals surface area contributed by atoms with Crippen LogP contribution in [0.1, 0.15) is 24.5 Å². The number of aryl methyl sites for hydroxylation is 1. The molecular weight excluding hydrogens is 236 g/mol. The van der Waals surface area contributed by atoms with E-state index in [0.717, 1.165) is 6.42 Å². The zero-order chi connectivity index (χ0) is 8.10. The second-order valence-electron chi connectivity index (χ2n) is 2.82. The van der Waals surface area contributed by atoms with Crippen molar-refractivity contribution in [1.82, 2.24) is 0 Å². The maximum atomic E-state index is 3.83. The van der Waals surface area contributed by atoms with E-state index in [1.54, 1.807) is 0 Å². The number of hydrogen-bond donors (Lipinski definition) is 0. The van der Waals surface area contributed by atoms with Crippen LogP contribution in [0, 0.1) is 6.92 Å². The summed E-state index contributed by atoms with van der Waals surface area (Å²) >= 11 is 0. The Morgan fingerprint density at radius 2 is 1.54 bits per heavy atom. The van der Waals surface area contributed by atoms with Crippen molar-refractivity contribution in [1.29, 1.82) is 0 Å². The smallest absolute Gasteiger partial charge is 1.00 e. The molecule has 0 heterocycles. The number of hydrogen-bond acceptors (Lipinski definition) is 0. The number of rotatable bonds is 3. The normalized spacial score (nSPS) is 8.46. The SMILES string of the molecule is [Br-].[CH2-]Cc1ccc(CCC)cc1.[Mg+2]. The summed E-state index contributed by atoms with van der Waals surface area (Å²) in [5.74, 6) is 0. The third-order valence-corrected chi connectivity index (χ3v) is 1.85. The van der Waals surface area contributed by atoms with E-state index >= 15 is 0 Å². The van der Waals surface area contributed by atoms with Gasteiger partial charge in [-0.15, -0.1) is 0 Å². The van der Waals surface area contributed by atoms with E-state index in [1.807, 2.05) is 0 Å². The predicted octanol–water partition coefficient (Wildman–Crippen LogP) is -0.361. The van der Waals surface area contributed by atoms with Gasteiger partial charge < -0.3 is 23.9 Å². The van der Waals surface area contributed by atoms with E-state index in [4.69, 9.17) is 0 Å². The molecule has 0 spiro atoms. The van der Waals surface area contributed by atoms with Gasteiger partial charge in [-0.25, -0.2) is 0 Å². The van der Waals surface area contributed by atoms with E-state index in [9.17, 15) is 0 Å². The van der Waals surface area contributed by atoms with Gasteiger partial charge in [0, 0.05) is 0 Å². The Labute approximate surface area is 108 Å². The van der Waals surface area contributed by atoms with Crippen LogP contribution in [0.2, 0.25) is 0 Å². The second kappa shape index (κ2) is 9.04. The number of benzene rings is 1. The van der Waals surface area contributed by atoms with Crippen LogP contribution in [-0.4, -0.2) is 23.1 Å². The molecule has 0 atom stereocenters. The van der Waals surface area contributed by atoms with Crippen molar-refractivity contribution in [2.45, 2.75) is 26.2 Å². The summed E-state index contributed by atoms with van der Waals surface area (Å²) in [5.41, 5.74) is 2.76. The third-order valence-electron chi connectivity index (χ3n) is 1.85. The zero-order valence-corrected chi connectivity index (χ0v) is 11.2. The minimum atomic E-state index is 0. The van der Waals surface area contributed by atoms with Gasteiger partial charge in [0.1, 0.15) is 0 Å². The maximum absolute atomic E-state index is 3.83. The van der Waals surface area contributed by atoms with Gasteiger partial charge in [0.05, 0.1) is 0 Å². The maximum Gasteiger partial charge on any atom is 2.00 e. The van der Waals surface area contributed by atoms with Crippen LogP contribution < -0.4 is 17.0 Å². The van der Waals surface area contributed by atoms with Crippen LogP contribution >= 0.6 is 0 Å². The Bertz CT molecular complexity index is 206. The van der Waals surface area contributed by atoms with Crippen molar-refractivity contribution in [3.8, 4) is 0 Å². The van der Waals surface area contributed by atoms with Crippen molar-refractivity contribution in [3.63, 3.8) is 0 Å². The van der Waals surface area contributed by atoms with Gasteiger partial charge in [0.15, 0.2) is 0 Å². The van der Waals surface area contributed by atoms with Crippen LogP contribution in [0.5, 0.6) is 0 Å². The molecule has 0 amide bonds. The summed E-state index contributed by atoms with van der Waals surface area (Å²) in [7, 11) is 0. The molecule has 1 aromatic rings. The Morgan fingerprint density at radius 3 is 1.92 bits per heavy atom. The van der Waals surface area contributed by atoms with Gasteiger partial charge in [-0.1, -0.05) is 43.2 Å². The first-order valence-corrected chi connectivity index (χ1v) is 4.24. The van der Waals surface area contributed by atoms with Gasteiger partial charge >= 0.3 is 23.1 Å². The predicted molar refractivity (Wildman–Crippen MR) is 55.3 cm³/mol. The Balaban J connectivity index is 0. The first-order valence-electron chi connectivity index (χ1n) is 4.24. The molecule has 2 heteroatoms. The van der Waals surface area contributed by atoms with Gasteiger partial charge in [-0.05, 0) is 12.0 Å². The molecular formula is C11H15BrMg. The molecule has 0 nitrogen and oxygen atoms in total. The van der Waals surface area contributed by atoms with E-state index < -0.39 is 0 Å². The van der Waals surface area contributed by atoms with E-state index in [0.29, 0.717) is 0 Å². The molecule has 0 N–H and O–H groups in total. The van der Waals surface area contributed by atoms with Crippen molar-refractivity contribution in [2.75, 3.05) is 0 Å². The largest absolute Gasteiger partial charge is 2.00 e. The van der Waals surface area contributed by atoms with Crippen LogP contribution in [0.25, 0.3) is 0 Å². The molecule has 0 aliphatic rings. The summed E-state index contributed by atoms with van der Waals surface area (Å²) in [4.78, 5) is 0. The minimum absolute atomic E-state index is 0. The fourth-order valence-corrected chi connectivity index (χ4v) is 1.16. The van der Waals surface area contributed by atoms with E-state index in [2.05, 4.69) is 38.1 Å². The molecule has 0 aromatic heterocycles. The fraction of sp³-hybridized carbons (Fsp3) is 0.364. The Hall–Kier alpha value is 0.466. The molecule has 0 fully saturated rings. The summed E-state index contributed by atoms with van der Waals surface area (Å²) < 4.78 is 0. The number of halogens is 1. The summed E-state index contributed by atoms with van der Waals surface area (Å²) in [6.07, 6.45) is 3.31. The topological polar surface area (TPSA) is 0 Å². The van der Waals surface area contributed by atoms with Crippen molar-refractivity contribution < 1.29 is 17.0 Å². The Kier molecular flexibility index (Phi) is 11.1. The molecule has 0 saturated carbocycles. The Morgan fingerprint density at radius 1 is 1.08 bits per heavy atom. The van der Waals surface area contributed by atoms with Crippen molar-refractivity contribution >= 4 is 23.1 Å². The zero-order valence-electron chi connectivity index (χ0n) is 8.22. The monoisotopic (exact) mass is 250 g/mol. The second-order valence-corrected chi connectivity index (χ2v) is 2.82. The standard InChI is InChI=1S/C11H15.BrH.Mg/c1-3-5-11-8-6-10(4-2)7-9-11;;/h6-9H,2-5H2,1H3;1H;/q-1;;+2/p-1. The van der Waals surface area contributed by atoms with Crippen LogP contribution in [0.4, 0.5) is 0 Å². The molecule has 68 valence electrons. The average Bonchev–Trinajstić information content (AvgIpc) is 2.07. The molecule has 0 saturated heterocycles. The summed E-state index contributed by atoms with van der Waals surface area (Å²) in [6.45, 7) is 6.04. The first kappa shape index (κ1) is 15.9. The van der Waals surface area contributed by atoms with Crippen LogP contribution in [0.3, 0.4) is 0 Å². The molecule has 0 aliphatic carbocycles. The van der Waals surface area contributed by atoms with Crippen LogP contribution in [0.15, 0.2) is 24.3 Å². The first-order chi connectivity index (χ1) is 5.36. The molecule has 1 rings (SSSR count). The van der Waals surface area contributed by atoms with Crippen molar-refractivity contribution in [2.24, 2.45) is 0 Å². The molecule has 13 heavy (non-hydrogen) atoms. The minimum Gasteiger partial charge on any atom is -1.00 e. The van der Waals surface area contributed by atoms with Gasteiger partial charge in [0.25, 0.3) is 0 Å². The molecule has 0 unspecified atom stereocenters.